The van der Waals surface area contributed by atoms with Crippen molar-refractivity contribution in [2.24, 2.45) is 0 Å². The second-order valence-corrected chi connectivity index (χ2v) is 19.5. The van der Waals surface area contributed by atoms with Gasteiger partial charge in [-0.15, -0.1) is 17.4 Å². The molecule has 0 spiro atoms. The first-order chi connectivity index (χ1) is 25.7. The standard InChI is InChI=1S/C29H37.C13H10.C11H9.Zr/c1-26(2)9-11-28(5,6)24-16-20-18(14-22(24)26)13-19-15-23-25(17-21(19)20)29(7,8)12-10-27(23,3)4;1-3-7-12(8-4-1)11-13-9-5-2-6-10-13;1-2-6-10(7-3-1)11-8-4-5-9-11;/h9,14-17H,10-13H2,1-8H3;1-10H;1-3,6-9H,4H2;/q-1;;-1;+2. The summed E-state index contributed by atoms with van der Waals surface area (Å²) in [6.07, 6.45) is 15.7. The summed E-state index contributed by atoms with van der Waals surface area (Å²) in [6.45, 7) is 19.4. The average molecular weight is 784 g/mol. The van der Waals surface area contributed by atoms with E-state index < -0.39 is 0 Å². The van der Waals surface area contributed by atoms with Crippen LogP contribution in [-0.4, -0.2) is 3.21 Å². The molecule has 9 rings (SSSR count). The molecule has 5 aromatic carbocycles. The van der Waals surface area contributed by atoms with Crippen molar-refractivity contribution in [2.45, 2.75) is 109 Å². The van der Waals surface area contributed by atoms with Crippen LogP contribution >= 0.6 is 0 Å². The summed E-state index contributed by atoms with van der Waals surface area (Å²) < 4.78 is 1.42. The van der Waals surface area contributed by atoms with Crippen LogP contribution in [-0.2, 0) is 52.3 Å². The fraction of sp³-hybridized carbons (Fsp3) is 0.321. The van der Waals surface area contributed by atoms with E-state index >= 15 is 0 Å². The molecule has 0 fully saturated rings. The average Bonchev–Trinajstić information content (AvgIpc) is 3.84. The molecule has 0 saturated heterocycles. The molecule has 0 aliphatic heterocycles. The number of hydrogen-bond acceptors (Lipinski definition) is 0. The number of benzene rings is 5. The molecule has 54 heavy (non-hydrogen) atoms. The Bertz CT molecular complexity index is 2080. The summed E-state index contributed by atoms with van der Waals surface area (Å²) in [4.78, 5) is 0. The predicted molar refractivity (Wildman–Crippen MR) is 228 cm³/mol. The SMILES string of the molecule is CC1(C)[CH-]CC(C)(C)c2cc3c(cc21)Cc1cc2c(cc1-3)C(C)(C)CCC2(C)C.[C-]1=CC(c2ccccc2)=CC1.[Zr+2]=[C](c1ccccc1)c1ccccc1. The van der Waals surface area contributed by atoms with Gasteiger partial charge in [-0.3, -0.25) is 6.08 Å². The van der Waals surface area contributed by atoms with Crippen LogP contribution in [0.1, 0.15) is 131 Å². The van der Waals surface area contributed by atoms with Crippen molar-refractivity contribution < 1.29 is 24.2 Å². The van der Waals surface area contributed by atoms with Crippen molar-refractivity contribution in [1.29, 1.82) is 0 Å². The van der Waals surface area contributed by atoms with E-state index in [1.165, 1.54) is 79.2 Å². The first-order valence-electron chi connectivity index (χ1n) is 19.9. The van der Waals surface area contributed by atoms with Gasteiger partial charge >= 0.3 is 99.2 Å². The summed E-state index contributed by atoms with van der Waals surface area (Å²) in [5.74, 6) is 0. The Morgan fingerprint density at radius 2 is 1.04 bits per heavy atom. The van der Waals surface area contributed by atoms with Gasteiger partial charge in [0.2, 0.25) is 0 Å². The van der Waals surface area contributed by atoms with Gasteiger partial charge < -0.3 is 6.42 Å². The van der Waals surface area contributed by atoms with Crippen LogP contribution in [0.4, 0.5) is 0 Å². The summed E-state index contributed by atoms with van der Waals surface area (Å²) >= 11 is 1.46. The summed E-state index contributed by atoms with van der Waals surface area (Å²) in [7, 11) is 0. The van der Waals surface area contributed by atoms with E-state index in [9.17, 15) is 0 Å². The summed E-state index contributed by atoms with van der Waals surface area (Å²) in [5, 5.41) is 0. The fourth-order valence-electron chi connectivity index (χ4n) is 8.73. The van der Waals surface area contributed by atoms with Gasteiger partial charge in [0, 0.05) is 0 Å². The molecule has 0 bridgehead atoms. The fourth-order valence-corrected chi connectivity index (χ4v) is 9.55. The topological polar surface area (TPSA) is 0 Å². The maximum atomic E-state index is 3.15. The molecule has 0 saturated carbocycles. The van der Waals surface area contributed by atoms with Gasteiger partial charge in [0.1, 0.15) is 0 Å². The number of fused-ring (bicyclic) bond motifs is 5. The Morgan fingerprint density at radius 3 is 1.54 bits per heavy atom. The first-order valence-corrected chi connectivity index (χ1v) is 21.1. The van der Waals surface area contributed by atoms with E-state index in [2.05, 4.69) is 189 Å². The Morgan fingerprint density at radius 1 is 0.574 bits per heavy atom. The van der Waals surface area contributed by atoms with E-state index in [-0.39, 0.29) is 21.7 Å². The molecule has 1 heteroatoms. The van der Waals surface area contributed by atoms with Gasteiger partial charge in [-0.1, -0.05) is 116 Å². The van der Waals surface area contributed by atoms with Crippen molar-refractivity contribution in [3.05, 3.63) is 190 Å². The van der Waals surface area contributed by atoms with Crippen LogP contribution in [0.15, 0.2) is 127 Å². The van der Waals surface area contributed by atoms with Crippen molar-refractivity contribution in [1.82, 2.24) is 0 Å². The minimum absolute atomic E-state index is 0.165. The molecule has 0 radical (unpaired) electrons. The molecule has 272 valence electrons. The van der Waals surface area contributed by atoms with E-state index in [0.29, 0.717) is 0 Å². The van der Waals surface area contributed by atoms with Gasteiger partial charge in [-0.2, -0.15) is 18.1 Å². The van der Waals surface area contributed by atoms with Gasteiger partial charge in [0.15, 0.2) is 0 Å². The van der Waals surface area contributed by atoms with Crippen LogP contribution in [0, 0.1) is 12.5 Å². The Hall–Kier alpha value is -3.67. The van der Waals surface area contributed by atoms with Gasteiger partial charge in [-0.05, 0) is 74.5 Å². The van der Waals surface area contributed by atoms with E-state index in [1.54, 1.807) is 27.8 Å². The third-order valence-electron chi connectivity index (χ3n) is 12.5. The van der Waals surface area contributed by atoms with E-state index in [0.717, 1.165) is 19.3 Å². The van der Waals surface area contributed by atoms with E-state index in [4.69, 9.17) is 0 Å². The van der Waals surface area contributed by atoms with Crippen LogP contribution in [0.3, 0.4) is 0 Å². The molecule has 0 atom stereocenters. The van der Waals surface area contributed by atoms with Crippen molar-refractivity contribution in [3.8, 4) is 11.1 Å². The normalized spacial score (nSPS) is 18.7. The van der Waals surface area contributed by atoms with Crippen molar-refractivity contribution in [2.75, 3.05) is 0 Å². The van der Waals surface area contributed by atoms with Crippen molar-refractivity contribution in [3.63, 3.8) is 0 Å². The number of allylic oxidation sites excluding steroid dienone is 4. The number of hydrogen-bond donors (Lipinski definition) is 0. The number of rotatable bonds is 3. The Balaban J connectivity index is 0.000000148. The van der Waals surface area contributed by atoms with E-state index in [1.807, 2.05) is 6.07 Å². The monoisotopic (exact) mass is 782 g/mol. The van der Waals surface area contributed by atoms with Crippen LogP contribution in [0.25, 0.3) is 16.7 Å². The van der Waals surface area contributed by atoms with Crippen LogP contribution < -0.4 is 0 Å². The Labute approximate surface area is 341 Å². The quantitative estimate of drug-likeness (QED) is 0.157. The summed E-state index contributed by atoms with van der Waals surface area (Å²) in [6, 6.07) is 41.8. The molecule has 0 heterocycles. The molecular weight excluding hydrogens is 728 g/mol. The first kappa shape index (κ1) is 38.6. The van der Waals surface area contributed by atoms with Crippen molar-refractivity contribution >= 4 is 8.78 Å². The molecule has 0 N–H and O–H groups in total. The zero-order valence-corrected chi connectivity index (χ0v) is 36.2. The molecule has 4 aliphatic rings. The second kappa shape index (κ2) is 15.1. The molecule has 0 amide bonds. The Kier molecular flexibility index (Phi) is 10.8. The third kappa shape index (κ3) is 7.87. The molecular formula is C53H56Zr. The third-order valence-corrected chi connectivity index (χ3v) is 13.9. The second-order valence-electron chi connectivity index (χ2n) is 18.3. The molecule has 0 nitrogen and oxygen atoms in total. The molecule has 0 aromatic heterocycles. The molecule has 5 aromatic rings. The van der Waals surface area contributed by atoms with Gasteiger partial charge in [0.05, 0.1) is 0 Å². The van der Waals surface area contributed by atoms with Gasteiger partial charge in [-0.25, -0.2) is 6.08 Å². The maximum absolute atomic E-state index is 3.15. The molecule has 4 aliphatic carbocycles. The predicted octanol–water partition coefficient (Wildman–Crippen LogP) is 13.4. The van der Waals surface area contributed by atoms with Crippen LogP contribution in [0.5, 0.6) is 0 Å². The summed E-state index contributed by atoms with van der Waals surface area (Å²) in [5.41, 5.74) is 18.6. The molecule has 0 unspecified atom stereocenters. The zero-order valence-electron chi connectivity index (χ0n) is 33.7. The minimum atomic E-state index is 0.165. The zero-order chi connectivity index (χ0) is 38.3. The van der Waals surface area contributed by atoms with Gasteiger partial charge in [0.25, 0.3) is 0 Å². The van der Waals surface area contributed by atoms with Crippen LogP contribution in [0.2, 0.25) is 0 Å².